The maximum atomic E-state index is 13.3. The number of carbonyl (C=O) groups is 1. The normalized spacial score (nSPS) is 24.6. The fraction of sp³-hybridized carbons (Fsp3) is 0.440. The van der Waals surface area contributed by atoms with E-state index >= 15 is 0 Å². The Bertz CT molecular complexity index is 1030. The first-order chi connectivity index (χ1) is 15.6. The number of hydrogen-bond donors (Lipinski definition) is 2. The molecule has 1 saturated heterocycles. The molecule has 2 aliphatic rings. The van der Waals surface area contributed by atoms with Crippen molar-refractivity contribution in [2.24, 2.45) is 11.8 Å². The molecule has 4 atom stereocenters. The zero-order valence-corrected chi connectivity index (χ0v) is 18.6. The molecule has 7 nitrogen and oxygen atoms in total. The van der Waals surface area contributed by atoms with Crippen molar-refractivity contribution >= 4 is 12.0 Å². The van der Waals surface area contributed by atoms with Crippen LogP contribution in [-0.4, -0.2) is 53.4 Å². The molecule has 2 aliphatic heterocycles. The maximum absolute atomic E-state index is 13.3. The first-order valence-electron chi connectivity index (χ1n) is 11.1. The SMILES string of the molecule is C/C=C\c1ccc2n(c1=O)C[C@@H]1[C@@H](CO)[C@H](C(=O)NCCOC)[C@H]2N1Cc1ccccc1. The molecule has 0 saturated carbocycles. The number of fused-ring (bicyclic) bond motifs is 4. The zero-order chi connectivity index (χ0) is 22.7. The van der Waals surface area contributed by atoms with E-state index in [1.807, 2.05) is 49.4 Å². The number of methoxy groups -OCH3 is 1. The summed E-state index contributed by atoms with van der Waals surface area (Å²) in [4.78, 5) is 28.8. The van der Waals surface area contributed by atoms with E-state index in [0.717, 1.165) is 11.3 Å². The van der Waals surface area contributed by atoms with Crippen molar-refractivity contribution < 1.29 is 14.6 Å². The average molecular weight is 438 g/mol. The number of aromatic nitrogens is 1. The fourth-order valence-corrected chi connectivity index (χ4v) is 5.25. The van der Waals surface area contributed by atoms with Crippen molar-refractivity contribution in [1.82, 2.24) is 14.8 Å². The van der Waals surface area contributed by atoms with E-state index in [0.29, 0.717) is 31.8 Å². The lowest BCUT2D eigenvalue weighted by Gasteiger charge is -2.38. The molecule has 2 bridgehead atoms. The van der Waals surface area contributed by atoms with Gasteiger partial charge in [0.05, 0.1) is 18.6 Å². The third-order valence-corrected chi connectivity index (χ3v) is 6.66. The molecule has 3 heterocycles. The first-order valence-corrected chi connectivity index (χ1v) is 11.1. The Balaban J connectivity index is 1.77. The van der Waals surface area contributed by atoms with Crippen LogP contribution in [-0.2, 0) is 22.6 Å². The van der Waals surface area contributed by atoms with E-state index in [2.05, 4.69) is 22.3 Å². The Morgan fingerprint density at radius 1 is 1.25 bits per heavy atom. The second-order valence-electron chi connectivity index (χ2n) is 8.46. The highest BCUT2D eigenvalue weighted by Gasteiger charge is 2.55. The quantitative estimate of drug-likeness (QED) is 0.616. The van der Waals surface area contributed by atoms with Gasteiger partial charge in [-0.15, -0.1) is 0 Å². The van der Waals surface area contributed by atoms with Crippen molar-refractivity contribution in [2.45, 2.75) is 32.1 Å². The molecule has 0 radical (unpaired) electrons. The number of aliphatic hydroxyl groups excluding tert-OH is 1. The molecule has 0 aliphatic carbocycles. The van der Waals surface area contributed by atoms with E-state index in [1.54, 1.807) is 11.7 Å². The Morgan fingerprint density at radius 2 is 2.03 bits per heavy atom. The van der Waals surface area contributed by atoms with Crippen LogP contribution >= 0.6 is 0 Å². The van der Waals surface area contributed by atoms with E-state index in [-0.39, 0.29) is 36.1 Å². The summed E-state index contributed by atoms with van der Waals surface area (Å²) in [5, 5.41) is 13.3. The van der Waals surface area contributed by atoms with Crippen molar-refractivity contribution in [1.29, 1.82) is 0 Å². The summed E-state index contributed by atoms with van der Waals surface area (Å²) in [6.45, 7) is 3.71. The van der Waals surface area contributed by atoms with Gasteiger partial charge >= 0.3 is 0 Å². The number of allylic oxidation sites excluding steroid dienone is 1. The van der Waals surface area contributed by atoms with Gasteiger partial charge in [0.15, 0.2) is 0 Å². The number of pyridine rings is 1. The van der Waals surface area contributed by atoms with Crippen LogP contribution in [0.25, 0.3) is 6.08 Å². The third kappa shape index (κ3) is 4.03. The zero-order valence-electron chi connectivity index (χ0n) is 18.6. The van der Waals surface area contributed by atoms with Gasteiger partial charge in [0.1, 0.15) is 0 Å². The Labute approximate surface area is 188 Å². The van der Waals surface area contributed by atoms with Gasteiger partial charge in [-0.1, -0.05) is 42.5 Å². The Morgan fingerprint density at radius 3 is 2.72 bits per heavy atom. The molecule has 4 rings (SSSR count). The van der Waals surface area contributed by atoms with Crippen LogP contribution in [0.5, 0.6) is 0 Å². The molecule has 0 unspecified atom stereocenters. The van der Waals surface area contributed by atoms with Gasteiger partial charge in [-0.05, 0) is 24.6 Å². The van der Waals surface area contributed by atoms with Gasteiger partial charge in [0.2, 0.25) is 5.91 Å². The van der Waals surface area contributed by atoms with Crippen LogP contribution in [0.2, 0.25) is 0 Å². The monoisotopic (exact) mass is 437 g/mol. The Kier molecular flexibility index (Phi) is 6.89. The minimum absolute atomic E-state index is 0.0490. The van der Waals surface area contributed by atoms with Crippen molar-refractivity contribution in [3.63, 3.8) is 0 Å². The number of ether oxygens (including phenoxy) is 1. The number of hydrogen-bond acceptors (Lipinski definition) is 5. The van der Waals surface area contributed by atoms with Gasteiger partial charge in [0, 0.05) is 56.6 Å². The van der Waals surface area contributed by atoms with Crippen molar-refractivity contribution in [2.75, 3.05) is 26.9 Å². The molecule has 32 heavy (non-hydrogen) atoms. The van der Waals surface area contributed by atoms with Crippen LogP contribution in [0, 0.1) is 11.8 Å². The number of amides is 1. The highest BCUT2D eigenvalue weighted by molar-refractivity contribution is 5.80. The van der Waals surface area contributed by atoms with E-state index in [9.17, 15) is 14.7 Å². The van der Waals surface area contributed by atoms with Crippen molar-refractivity contribution in [3.05, 3.63) is 75.7 Å². The molecule has 1 amide bonds. The molecular formula is C25H31N3O4. The second-order valence-corrected chi connectivity index (χ2v) is 8.46. The predicted octanol–water partition coefficient (Wildman–Crippen LogP) is 1.81. The lowest BCUT2D eigenvalue weighted by molar-refractivity contribution is -0.127. The predicted molar refractivity (Wildman–Crippen MR) is 123 cm³/mol. The maximum Gasteiger partial charge on any atom is 0.258 e. The number of nitrogens with one attached hydrogen (secondary N) is 1. The fourth-order valence-electron chi connectivity index (χ4n) is 5.25. The van der Waals surface area contributed by atoms with Crippen LogP contribution in [0.3, 0.4) is 0 Å². The summed E-state index contributed by atoms with van der Waals surface area (Å²) in [5.74, 6) is -0.827. The molecule has 0 spiro atoms. The summed E-state index contributed by atoms with van der Waals surface area (Å²) < 4.78 is 6.88. The lowest BCUT2D eigenvalue weighted by Crippen LogP contribution is -2.46. The van der Waals surface area contributed by atoms with Gasteiger partial charge in [-0.3, -0.25) is 14.5 Å². The van der Waals surface area contributed by atoms with E-state index in [4.69, 9.17) is 4.74 Å². The van der Waals surface area contributed by atoms with Gasteiger partial charge < -0.3 is 19.7 Å². The summed E-state index contributed by atoms with van der Waals surface area (Å²) in [6.07, 6.45) is 3.66. The number of aliphatic hydroxyl groups is 1. The number of rotatable bonds is 8. The number of carbonyl (C=O) groups excluding carboxylic acids is 1. The van der Waals surface area contributed by atoms with Crippen LogP contribution in [0.15, 0.2) is 53.3 Å². The molecule has 1 aromatic carbocycles. The topological polar surface area (TPSA) is 83.8 Å². The second kappa shape index (κ2) is 9.81. The highest BCUT2D eigenvalue weighted by atomic mass is 16.5. The van der Waals surface area contributed by atoms with E-state index < -0.39 is 5.92 Å². The average Bonchev–Trinajstić information content (AvgIpc) is 3.01. The number of benzene rings is 1. The molecule has 2 N–H and O–H groups in total. The molecule has 7 heteroatoms. The van der Waals surface area contributed by atoms with Crippen LogP contribution in [0.4, 0.5) is 0 Å². The standard InChI is InChI=1S/C25H31N3O4/c1-3-7-18-10-11-20-23-22(24(30)26-12-13-32-2)19(16-29)21(15-28(20)25(18)31)27(23)14-17-8-5-4-6-9-17/h3-11,19,21-23,29H,12-16H2,1-2H3,(H,26,30)/b7-3-/t19-,21-,22+,23+/m1/s1. The first kappa shape index (κ1) is 22.5. The summed E-state index contributed by atoms with van der Waals surface area (Å²) in [6, 6.07) is 13.5. The van der Waals surface area contributed by atoms with Crippen LogP contribution in [0.1, 0.15) is 29.8 Å². The molecule has 1 fully saturated rings. The summed E-state index contributed by atoms with van der Waals surface area (Å²) in [5.41, 5.74) is 2.56. The van der Waals surface area contributed by atoms with Crippen LogP contribution < -0.4 is 10.9 Å². The molecule has 2 aromatic rings. The van der Waals surface area contributed by atoms with Gasteiger partial charge in [-0.2, -0.15) is 0 Å². The molecule has 170 valence electrons. The van der Waals surface area contributed by atoms with E-state index in [1.165, 1.54) is 0 Å². The van der Waals surface area contributed by atoms with Gasteiger partial charge in [-0.25, -0.2) is 0 Å². The smallest absolute Gasteiger partial charge is 0.258 e. The third-order valence-electron chi connectivity index (χ3n) is 6.66. The molecule has 1 aromatic heterocycles. The highest BCUT2D eigenvalue weighted by Crippen LogP contribution is 2.48. The minimum Gasteiger partial charge on any atom is -0.396 e. The summed E-state index contributed by atoms with van der Waals surface area (Å²) >= 11 is 0. The van der Waals surface area contributed by atoms with Crippen molar-refractivity contribution in [3.8, 4) is 0 Å². The Hall–Kier alpha value is -2.74. The molecular weight excluding hydrogens is 406 g/mol. The number of nitrogens with zero attached hydrogens (tertiary/aromatic N) is 2. The van der Waals surface area contributed by atoms with Gasteiger partial charge in [0.25, 0.3) is 5.56 Å². The minimum atomic E-state index is -0.453. The largest absolute Gasteiger partial charge is 0.396 e. The lowest BCUT2D eigenvalue weighted by atomic mass is 9.86. The summed E-state index contributed by atoms with van der Waals surface area (Å²) in [7, 11) is 1.60.